The number of nitrogens with zero attached hydrogens (tertiary/aromatic N) is 2. The minimum absolute atomic E-state index is 0.0162. The lowest BCUT2D eigenvalue weighted by molar-refractivity contribution is 0.0926. The van der Waals surface area contributed by atoms with E-state index in [0.29, 0.717) is 12.2 Å². The van der Waals surface area contributed by atoms with Crippen molar-refractivity contribution < 1.29 is 9.90 Å². The molecular formula is C12H14N4O2. The van der Waals surface area contributed by atoms with E-state index in [2.05, 4.69) is 20.3 Å². The zero-order chi connectivity index (χ0) is 13.0. The van der Waals surface area contributed by atoms with Gasteiger partial charge < -0.3 is 15.4 Å². The zero-order valence-corrected chi connectivity index (χ0v) is 9.92. The second-order valence-corrected chi connectivity index (χ2v) is 3.78. The van der Waals surface area contributed by atoms with Crippen molar-refractivity contribution in [1.82, 2.24) is 20.3 Å². The number of H-pyrrole nitrogens is 1. The van der Waals surface area contributed by atoms with Crippen LogP contribution in [0.1, 0.15) is 35.7 Å². The predicted molar refractivity (Wildman–Crippen MR) is 65.0 cm³/mol. The molecule has 0 fully saturated rings. The van der Waals surface area contributed by atoms with Crippen LogP contribution in [0.25, 0.3) is 0 Å². The maximum Gasteiger partial charge on any atom is 0.274 e. The van der Waals surface area contributed by atoms with Gasteiger partial charge in [-0.3, -0.25) is 4.79 Å². The lowest BCUT2D eigenvalue weighted by Gasteiger charge is -2.14. The molecule has 0 aliphatic heterocycles. The van der Waals surface area contributed by atoms with Crippen molar-refractivity contribution in [1.29, 1.82) is 0 Å². The average molecular weight is 246 g/mol. The Morgan fingerprint density at radius 2 is 2.33 bits per heavy atom. The first-order valence-corrected chi connectivity index (χ1v) is 5.66. The summed E-state index contributed by atoms with van der Waals surface area (Å²) >= 11 is 0. The van der Waals surface area contributed by atoms with Crippen LogP contribution in [-0.2, 0) is 0 Å². The van der Waals surface area contributed by atoms with Crippen LogP contribution in [0.3, 0.4) is 0 Å². The molecule has 18 heavy (non-hydrogen) atoms. The van der Waals surface area contributed by atoms with E-state index in [1.807, 2.05) is 6.92 Å². The maximum absolute atomic E-state index is 12.0. The smallest absolute Gasteiger partial charge is 0.274 e. The normalized spacial score (nSPS) is 12.1. The van der Waals surface area contributed by atoms with E-state index in [1.165, 1.54) is 12.3 Å². The lowest BCUT2D eigenvalue weighted by atomic mass is 10.2. The number of amides is 1. The number of imidazole rings is 1. The molecule has 6 heteroatoms. The van der Waals surface area contributed by atoms with Gasteiger partial charge in [0.25, 0.3) is 5.91 Å². The van der Waals surface area contributed by atoms with E-state index in [1.54, 1.807) is 18.5 Å². The highest BCUT2D eigenvalue weighted by Crippen LogP contribution is 2.16. The number of pyridine rings is 1. The fraction of sp³-hybridized carbons (Fsp3) is 0.250. The first kappa shape index (κ1) is 12.1. The molecule has 6 nitrogen and oxygen atoms in total. The Balaban J connectivity index is 2.14. The van der Waals surface area contributed by atoms with Crippen LogP contribution < -0.4 is 5.32 Å². The molecule has 0 saturated heterocycles. The molecule has 2 heterocycles. The summed E-state index contributed by atoms with van der Waals surface area (Å²) in [6, 6.07) is 2.76. The number of rotatable bonds is 4. The summed E-state index contributed by atoms with van der Waals surface area (Å²) < 4.78 is 0. The van der Waals surface area contributed by atoms with Crippen molar-refractivity contribution >= 4 is 5.91 Å². The van der Waals surface area contributed by atoms with E-state index >= 15 is 0 Å². The van der Waals surface area contributed by atoms with Crippen molar-refractivity contribution in [3.05, 3.63) is 42.2 Å². The van der Waals surface area contributed by atoms with Gasteiger partial charge in [-0.15, -0.1) is 0 Å². The number of aromatic amines is 1. The fourth-order valence-corrected chi connectivity index (χ4v) is 1.63. The topological polar surface area (TPSA) is 90.9 Å². The first-order chi connectivity index (χ1) is 8.72. The average Bonchev–Trinajstić information content (AvgIpc) is 2.90. The molecule has 1 unspecified atom stereocenters. The molecule has 94 valence electrons. The lowest BCUT2D eigenvalue weighted by Crippen LogP contribution is -2.29. The number of aromatic nitrogens is 3. The van der Waals surface area contributed by atoms with Crippen molar-refractivity contribution in [2.24, 2.45) is 0 Å². The van der Waals surface area contributed by atoms with Gasteiger partial charge in [-0.05, 0) is 18.6 Å². The third kappa shape index (κ3) is 2.48. The van der Waals surface area contributed by atoms with Gasteiger partial charge in [0, 0.05) is 18.6 Å². The Hall–Kier alpha value is -2.37. The van der Waals surface area contributed by atoms with E-state index in [9.17, 15) is 9.90 Å². The number of carbonyl (C=O) groups excluding carboxylic acids is 1. The second kappa shape index (κ2) is 5.31. The molecule has 0 aromatic carbocycles. The molecule has 0 aliphatic rings. The highest BCUT2D eigenvalue weighted by molar-refractivity contribution is 5.94. The van der Waals surface area contributed by atoms with Crippen molar-refractivity contribution in [2.45, 2.75) is 19.4 Å². The van der Waals surface area contributed by atoms with Gasteiger partial charge in [-0.2, -0.15) is 0 Å². The molecule has 2 rings (SSSR count). The fourth-order valence-electron chi connectivity index (χ4n) is 1.63. The molecule has 0 bridgehead atoms. The van der Waals surface area contributed by atoms with Gasteiger partial charge in [0.1, 0.15) is 11.6 Å². The Morgan fingerprint density at radius 3 is 2.94 bits per heavy atom. The Labute approximate surface area is 104 Å². The maximum atomic E-state index is 12.0. The van der Waals surface area contributed by atoms with Gasteiger partial charge in [-0.25, -0.2) is 9.97 Å². The van der Waals surface area contributed by atoms with E-state index in [4.69, 9.17) is 0 Å². The number of hydrogen-bond donors (Lipinski definition) is 3. The van der Waals surface area contributed by atoms with Gasteiger partial charge in [0.2, 0.25) is 0 Å². The number of hydrogen-bond acceptors (Lipinski definition) is 4. The molecule has 0 spiro atoms. The summed E-state index contributed by atoms with van der Waals surface area (Å²) in [6.07, 6.45) is 5.47. The Kier molecular flexibility index (Phi) is 3.57. The number of carbonyl (C=O) groups is 1. The second-order valence-electron chi connectivity index (χ2n) is 3.78. The van der Waals surface area contributed by atoms with Crippen LogP contribution in [0.15, 0.2) is 30.7 Å². The zero-order valence-electron chi connectivity index (χ0n) is 9.92. The summed E-state index contributed by atoms with van der Waals surface area (Å²) in [7, 11) is 0. The third-order valence-corrected chi connectivity index (χ3v) is 2.56. The Bertz CT molecular complexity index is 525. The third-order valence-electron chi connectivity index (χ3n) is 2.56. The highest BCUT2D eigenvalue weighted by atomic mass is 16.3. The van der Waals surface area contributed by atoms with Crippen LogP contribution in [-0.4, -0.2) is 26.0 Å². The Morgan fingerprint density at radius 1 is 1.50 bits per heavy atom. The van der Waals surface area contributed by atoms with Crippen LogP contribution in [0.5, 0.6) is 5.75 Å². The van der Waals surface area contributed by atoms with Gasteiger partial charge in [0.05, 0.1) is 6.04 Å². The molecule has 2 aromatic heterocycles. The van der Waals surface area contributed by atoms with E-state index in [0.717, 1.165) is 0 Å². The number of aromatic hydroxyl groups is 1. The largest absolute Gasteiger partial charge is 0.505 e. The first-order valence-electron chi connectivity index (χ1n) is 5.66. The minimum atomic E-state index is -0.420. The predicted octanol–water partition coefficient (Wildman–Crippen LogP) is 1.39. The molecule has 3 N–H and O–H groups in total. The van der Waals surface area contributed by atoms with Crippen molar-refractivity contribution in [3.63, 3.8) is 0 Å². The summed E-state index contributed by atoms with van der Waals surface area (Å²) in [4.78, 5) is 22.9. The standard InChI is InChI=1S/C12H14N4O2/c1-2-8(11-14-6-7-15-11)16-12(18)10-9(17)4-3-5-13-10/h3-8,17H,2H2,1H3,(H,14,15)(H,16,18). The van der Waals surface area contributed by atoms with E-state index < -0.39 is 5.91 Å². The van der Waals surface area contributed by atoms with Crippen molar-refractivity contribution in [2.75, 3.05) is 0 Å². The van der Waals surface area contributed by atoms with Gasteiger partial charge in [0.15, 0.2) is 5.69 Å². The summed E-state index contributed by atoms with van der Waals surface area (Å²) in [5.41, 5.74) is 0.0162. The molecule has 1 amide bonds. The molecule has 0 radical (unpaired) electrons. The molecular weight excluding hydrogens is 232 g/mol. The van der Waals surface area contributed by atoms with Gasteiger partial charge in [-0.1, -0.05) is 6.92 Å². The summed E-state index contributed by atoms with van der Waals surface area (Å²) in [5, 5.41) is 12.3. The van der Waals surface area contributed by atoms with Crippen LogP contribution in [0.4, 0.5) is 0 Å². The summed E-state index contributed by atoms with van der Waals surface area (Å²) in [6.45, 7) is 1.94. The van der Waals surface area contributed by atoms with E-state index in [-0.39, 0.29) is 17.5 Å². The summed E-state index contributed by atoms with van der Waals surface area (Å²) in [5.74, 6) is 0.127. The van der Waals surface area contributed by atoms with Crippen molar-refractivity contribution in [3.8, 4) is 5.75 Å². The molecule has 0 aliphatic carbocycles. The molecule has 2 aromatic rings. The minimum Gasteiger partial charge on any atom is -0.505 e. The monoisotopic (exact) mass is 246 g/mol. The highest BCUT2D eigenvalue weighted by Gasteiger charge is 2.18. The SMILES string of the molecule is CCC(NC(=O)c1ncccc1O)c1ncc[nH]1. The van der Waals surface area contributed by atoms with Crippen LogP contribution in [0.2, 0.25) is 0 Å². The van der Waals surface area contributed by atoms with Gasteiger partial charge >= 0.3 is 0 Å². The van der Waals surface area contributed by atoms with Crippen LogP contribution >= 0.6 is 0 Å². The molecule has 1 atom stereocenters. The van der Waals surface area contributed by atoms with Crippen LogP contribution in [0, 0.1) is 0 Å². The molecule has 0 saturated carbocycles. The number of nitrogens with one attached hydrogen (secondary N) is 2. The quantitative estimate of drug-likeness (QED) is 0.760.